The normalized spacial score (nSPS) is 11.7. The van der Waals surface area contributed by atoms with Gasteiger partial charge in [0.2, 0.25) is 0 Å². The smallest absolute Gasteiger partial charge is 0.407 e. The van der Waals surface area contributed by atoms with Gasteiger partial charge in [-0.2, -0.15) is 0 Å². The SMILES string of the molecule is COCCCC(C)(C)OC(=O)NCc1cc(C(=O)OC(C)(C)C)ccc1[N+](=O)[O-]. The lowest BCUT2D eigenvalue weighted by Gasteiger charge is -2.25. The van der Waals surface area contributed by atoms with Crippen LogP contribution < -0.4 is 5.32 Å². The Morgan fingerprint density at radius 2 is 1.79 bits per heavy atom. The number of benzene rings is 1. The van der Waals surface area contributed by atoms with Gasteiger partial charge >= 0.3 is 12.1 Å². The molecule has 1 N–H and O–H groups in total. The van der Waals surface area contributed by atoms with Crippen LogP contribution in [-0.2, 0) is 20.8 Å². The van der Waals surface area contributed by atoms with Gasteiger partial charge in [0.1, 0.15) is 11.2 Å². The Hall–Kier alpha value is -2.68. The summed E-state index contributed by atoms with van der Waals surface area (Å²) < 4.78 is 15.7. The minimum Gasteiger partial charge on any atom is -0.456 e. The predicted molar refractivity (Wildman–Crippen MR) is 107 cm³/mol. The number of amides is 1. The number of ether oxygens (including phenoxy) is 3. The van der Waals surface area contributed by atoms with Gasteiger partial charge in [-0.3, -0.25) is 10.1 Å². The first-order valence-corrected chi connectivity index (χ1v) is 9.31. The van der Waals surface area contributed by atoms with Gasteiger partial charge in [0.25, 0.3) is 5.69 Å². The first-order valence-electron chi connectivity index (χ1n) is 9.31. The topological polar surface area (TPSA) is 117 Å². The summed E-state index contributed by atoms with van der Waals surface area (Å²) in [4.78, 5) is 35.1. The summed E-state index contributed by atoms with van der Waals surface area (Å²) in [6, 6.07) is 3.89. The fraction of sp³-hybridized carbons (Fsp3) is 0.600. The van der Waals surface area contributed by atoms with Crippen molar-refractivity contribution in [3.05, 3.63) is 39.4 Å². The Kier molecular flexibility index (Phi) is 8.57. The van der Waals surface area contributed by atoms with Crippen molar-refractivity contribution >= 4 is 17.7 Å². The Morgan fingerprint density at radius 1 is 1.14 bits per heavy atom. The summed E-state index contributed by atoms with van der Waals surface area (Å²) in [5, 5.41) is 13.8. The molecule has 0 aliphatic heterocycles. The highest BCUT2D eigenvalue weighted by Gasteiger charge is 2.24. The zero-order valence-corrected chi connectivity index (χ0v) is 17.9. The molecule has 0 unspecified atom stereocenters. The van der Waals surface area contributed by atoms with E-state index < -0.39 is 28.2 Å². The molecule has 1 aromatic carbocycles. The molecular weight excluding hydrogens is 380 g/mol. The summed E-state index contributed by atoms with van der Waals surface area (Å²) in [6.07, 6.45) is 0.618. The molecule has 0 bridgehead atoms. The predicted octanol–water partition coefficient (Wildman–Crippen LogP) is 3.98. The molecule has 0 radical (unpaired) electrons. The molecule has 0 heterocycles. The number of alkyl carbamates (subject to hydrolysis) is 1. The van der Waals surface area contributed by atoms with Gasteiger partial charge in [0.15, 0.2) is 0 Å². The van der Waals surface area contributed by atoms with Crippen molar-refractivity contribution in [3.63, 3.8) is 0 Å². The van der Waals surface area contributed by atoms with Crippen molar-refractivity contribution in [2.45, 2.75) is 65.2 Å². The lowest BCUT2D eigenvalue weighted by atomic mass is 10.0. The molecule has 9 nitrogen and oxygen atoms in total. The molecule has 9 heteroatoms. The number of methoxy groups -OCH3 is 1. The molecular formula is C20H30N2O7. The Labute approximate surface area is 170 Å². The minimum atomic E-state index is -0.715. The van der Waals surface area contributed by atoms with Crippen LogP contribution >= 0.6 is 0 Å². The molecule has 29 heavy (non-hydrogen) atoms. The standard InChI is InChI=1S/C20H30N2O7/c1-19(2,3)28-17(23)14-8-9-16(22(25)26)15(12-14)13-21-18(24)29-20(4,5)10-7-11-27-6/h8-9,12H,7,10-11,13H2,1-6H3,(H,21,24). The first kappa shape index (κ1) is 24.4. The van der Waals surface area contributed by atoms with Crippen LogP contribution in [-0.4, -0.2) is 41.9 Å². The van der Waals surface area contributed by atoms with E-state index in [1.165, 1.54) is 18.2 Å². The third-order valence-electron chi connectivity index (χ3n) is 3.83. The van der Waals surface area contributed by atoms with Crippen LogP contribution in [0, 0.1) is 10.1 Å². The van der Waals surface area contributed by atoms with Crippen molar-refractivity contribution in [1.29, 1.82) is 0 Å². The zero-order chi connectivity index (χ0) is 22.2. The molecule has 0 aliphatic carbocycles. The van der Waals surface area contributed by atoms with Crippen LogP contribution in [0.2, 0.25) is 0 Å². The second-order valence-electron chi connectivity index (χ2n) is 8.20. The molecule has 0 saturated heterocycles. The summed E-state index contributed by atoms with van der Waals surface area (Å²) in [7, 11) is 1.60. The number of carbonyl (C=O) groups excluding carboxylic acids is 2. The largest absolute Gasteiger partial charge is 0.456 e. The van der Waals surface area contributed by atoms with E-state index in [0.29, 0.717) is 13.0 Å². The van der Waals surface area contributed by atoms with Crippen LogP contribution in [0.15, 0.2) is 18.2 Å². The molecule has 1 amide bonds. The number of hydrogen-bond acceptors (Lipinski definition) is 7. The van der Waals surface area contributed by atoms with Gasteiger partial charge in [0.05, 0.1) is 17.0 Å². The van der Waals surface area contributed by atoms with Gasteiger partial charge in [-0.1, -0.05) is 0 Å². The quantitative estimate of drug-likeness (QED) is 0.283. The second-order valence-corrected chi connectivity index (χ2v) is 8.20. The van der Waals surface area contributed by atoms with Crippen molar-refractivity contribution < 1.29 is 28.7 Å². The maximum Gasteiger partial charge on any atom is 0.407 e. The number of carbonyl (C=O) groups is 2. The molecule has 0 spiro atoms. The average Bonchev–Trinajstić information content (AvgIpc) is 2.57. The van der Waals surface area contributed by atoms with Crippen molar-refractivity contribution in [3.8, 4) is 0 Å². The fourth-order valence-corrected chi connectivity index (χ4v) is 2.52. The molecule has 0 atom stereocenters. The van der Waals surface area contributed by atoms with E-state index in [4.69, 9.17) is 14.2 Å². The lowest BCUT2D eigenvalue weighted by molar-refractivity contribution is -0.385. The van der Waals surface area contributed by atoms with Crippen LogP contribution in [0.3, 0.4) is 0 Å². The van der Waals surface area contributed by atoms with Gasteiger partial charge in [0, 0.05) is 25.3 Å². The molecule has 162 valence electrons. The number of hydrogen-bond donors (Lipinski definition) is 1. The fourth-order valence-electron chi connectivity index (χ4n) is 2.52. The number of nitro groups is 1. The number of nitrogens with zero attached hydrogens (tertiary/aromatic N) is 1. The minimum absolute atomic E-state index is 0.163. The van der Waals surface area contributed by atoms with Gasteiger partial charge < -0.3 is 19.5 Å². The van der Waals surface area contributed by atoms with Crippen molar-refractivity contribution in [2.24, 2.45) is 0 Å². The molecule has 1 rings (SSSR count). The summed E-state index contributed by atoms with van der Waals surface area (Å²) in [5.74, 6) is -0.601. The number of nitro benzene ring substituents is 1. The average molecular weight is 410 g/mol. The van der Waals surface area contributed by atoms with E-state index in [-0.39, 0.29) is 23.4 Å². The summed E-state index contributed by atoms with van der Waals surface area (Å²) in [6.45, 7) is 9.11. The Morgan fingerprint density at radius 3 is 2.34 bits per heavy atom. The van der Waals surface area contributed by atoms with E-state index in [2.05, 4.69) is 5.32 Å². The number of nitrogens with one attached hydrogen (secondary N) is 1. The highest BCUT2D eigenvalue weighted by atomic mass is 16.6. The molecule has 0 aliphatic rings. The summed E-state index contributed by atoms with van der Waals surface area (Å²) in [5.41, 5.74) is -1.29. The number of esters is 1. The van der Waals surface area contributed by atoms with E-state index in [9.17, 15) is 19.7 Å². The van der Waals surface area contributed by atoms with Crippen molar-refractivity contribution in [2.75, 3.05) is 13.7 Å². The summed E-state index contributed by atoms with van der Waals surface area (Å²) >= 11 is 0. The third kappa shape index (κ3) is 8.91. The van der Waals surface area contributed by atoms with Gasteiger partial charge in [-0.15, -0.1) is 0 Å². The van der Waals surface area contributed by atoms with Crippen LogP contribution in [0.1, 0.15) is 63.4 Å². The molecule has 0 fully saturated rings. The number of rotatable bonds is 9. The molecule has 0 aromatic heterocycles. The van der Waals surface area contributed by atoms with Gasteiger partial charge in [-0.25, -0.2) is 9.59 Å². The maximum atomic E-state index is 12.2. The van der Waals surface area contributed by atoms with Crippen molar-refractivity contribution in [1.82, 2.24) is 5.32 Å². The molecule has 1 aromatic rings. The highest BCUT2D eigenvalue weighted by Crippen LogP contribution is 2.22. The van der Waals surface area contributed by atoms with Gasteiger partial charge in [-0.05, 0) is 59.6 Å². The van der Waals surface area contributed by atoms with E-state index in [1.54, 1.807) is 41.7 Å². The molecule has 0 saturated carbocycles. The van der Waals surface area contributed by atoms with Crippen LogP contribution in [0.5, 0.6) is 0 Å². The van der Waals surface area contributed by atoms with E-state index >= 15 is 0 Å². The third-order valence-corrected chi connectivity index (χ3v) is 3.83. The lowest BCUT2D eigenvalue weighted by Crippen LogP contribution is -2.34. The second kappa shape index (κ2) is 10.2. The van der Waals surface area contributed by atoms with E-state index in [0.717, 1.165) is 6.42 Å². The Bertz CT molecular complexity index is 739. The van der Waals surface area contributed by atoms with Crippen LogP contribution in [0.4, 0.5) is 10.5 Å². The highest BCUT2D eigenvalue weighted by molar-refractivity contribution is 5.90. The monoisotopic (exact) mass is 410 g/mol. The first-order chi connectivity index (χ1) is 13.3. The maximum absolute atomic E-state index is 12.2. The van der Waals surface area contributed by atoms with Crippen LogP contribution in [0.25, 0.3) is 0 Å². The Balaban J connectivity index is 2.85. The zero-order valence-electron chi connectivity index (χ0n) is 17.9. The van der Waals surface area contributed by atoms with E-state index in [1.807, 2.05) is 0 Å².